The Morgan fingerprint density at radius 1 is 0.923 bits per heavy atom. The van der Waals surface area contributed by atoms with Gasteiger partial charge in [0.1, 0.15) is 5.82 Å². The predicted molar refractivity (Wildman–Crippen MR) is 148 cm³/mol. The molecule has 39 heavy (non-hydrogen) atoms. The molecule has 5 rings (SSSR count). The smallest absolute Gasteiger partial charge is 0.331 e. The number of para-hydroxylation sites is 1. The third-order valence-electron chi connectivity index (χ3n) is 7.54. The molecule has 1 saturated heterocycles. The molecule has 7 nitrogen and oxygen atoms in total. The summed E-state index contributed by atoms with van der Waals surface area (Å²) in [6, 6.07) is 23.1. The van der Waals surface area contributed by atoms with E-state index < -0.39 is 5.92 Å². The van der Waals surface area contributed by atoms with E-state index in [0.717, 1.165) is 11.1 Å². The number of hydrogen-bond acceptors (Lipinski definition) is 5. The minimum atomic E-state index is -0.424. The van der Waals surface area contributed by atoms with Crippen molar-refractivity contribution < 1.29 is 13.9 Å². The molecule has 8 heteroatoms. The molecule has 1 aliphatic rings. The highest BCUT2D eigenvalue weighted by molar-refractivity contribution is 5.78. The van der Waals surface area contributed by atoms with Gasteiger partial charge < -0.3 is 9.64 Å². The van der Waals surface area contributed by atoms with Crippen LogP contribution in [0.1, 0.15) is 30.4 Å². The number of carbonyl (C=O) groups excluding carboxylic acids is 1. The fraction of sp³-hybridized carbons (Fsp3) is 0.323. The minimum absolute atomic E-state index is 0.0904. The van der Waals surface area contributed by atoms with Crippen molar-refractivity contribution in [1.82, 2.24) is 14.0 Å². The van der Waals surface area contributed by atoms with Gasteiger partial charge in [-0.05, 0) is 61.2 Å². The summed E-state index contributed by atoms with van der Waals surface area (Å²) < 4.78 is 21.8. The first-order valence-electron chi connectivity index (χ1n) is 13.4. The Morgan fingerprint density at radius 2 is 1.64 bits per heavy atom. The van der Waals surface area contributed by atoms with Crippen molar-refractivity contribution in [3.8, 4) is 0 Å². The van der Waals surface area contributed by atoms with Gasteiger partial charge in [0.05, 0.1) is 30.0 Å². The molecular weight excluding hydrogens is 497 g/mol. The van der Waals surface area contributed by atoms with Crippen LogP contribution in [0.3, 0.4) is 0 Å². The number of halogens is 1. The zero-order valence-corrected chi connectivity index (χ0v) is 22.0. The van der Waals surface area contributed by atoms with Gasteiger partial charge >= 0.3 is 11.7 Å². The molecule has 0 aliphatic carbocycles. The fourth-order valence-corrected chi connectivity index (χ4v) is 5.55. The number of hydrogen-bond donors (Lipinski definition) is 0. The van der Waals surface area contributed by atoms with Crippen molar-refractivity contribution in [3.05, 3.63) is 117 Å². The Balaban J connectivity index is 1.40. The van der Waals surface area contributed by atoms with Crippen molar-refractivity contribution in [2.24, 2.45) is 5.92 Å². The summed E-state index contributed by atoms with van der Waals surface area (Å²) >= 11 is 0. The standard InChI is InChI=1S/C31H32FN3O4/c1-2-39-30(37)27-21-33(17-16-25(27)23-12-14-24(32)15-13-23)18-19-34-29(36)26-10-6-7-11-28(26)35(31(34)38)20-22-8-4-3-5-9-22/h3-15,25,27H,2,16-21H2,1H3/t25-,27-/m1/s1. The molecule has 202 valence electrons. The molecule has 4 aromatic rings. The monoisotopic (exact) mass is 529 g/mol. The largest absolute Gasteiger partial charge is 0.466 e. The Morgan fingerprint density at radius 3 is 2.38 bits per heavy atom. The second kappa shape index (κ2) is 11.8. The van der Waals surface area contributed by atoms with E-state index in [1.165, 1.54) is 16.7 Å². The minimum Gasteiger partial charge on any atom is -0.466 e. The molecule has 1 aliphatic heterocycles. The van der Waals surface area contributed by atoms with Crippen LogP contribution in [0.15, 0.2) is 88.5 Å². The molecule has 1 fully saturated rings. The first-order valence-corrected chi connectivity index (χ1v) is 13.4. The van der Waals surface area contributed by atoms with Crippen molar-refractivity contribution in [1.29, 1.82) is 0 Å². The predicted octanol–water partition coefficient (Wildman–Crippen LogP) is 4.02. The normalized spacial score (nSPS) is 17.8. The van der Waals surface area contributed by atoms with Crippen LogP contribution < -0.4 is 11.2 Å². The van der Waals surface area contributed by atoms with Crippen molar-refractivity contribution >= 4 is 16.9 Å². The molecule has 0 amide bonds. The van der Waals surface area contributed by atoms with Gasteiger partial charge in [0.2, 0.25) is 0 Å². The lowest BCUT2D eigenvalue weighted by atomic mass is 9.80. The van der Waals surface area contributed by atoms with Crippen LogP contribution in [0.2, 0.25) is 0 Å². The maximum Gasteiger partial charge on any atom is 0.331 e. The van der Waals surface area contributed by atoms with Gasteiger partial charge in [0.15, 0.2) is 0 Å². The molecule has 1 aromatic heterocycles. The third kappa shape index (κ3) is 5.71. The van der Waals surface area contributed by atoms with Crippen molar-refractivity contribution in [2.75, 3.05) is 26.2 Å². The average Bonchev–Trinajstić information content (AvgIpc) is 2.96. The van der Waals surface area contributed by atoms with E-state index in [0.29, 0.717) is 43.5 Å². The average molecular weight is 530 g/mol. The number of ether oxygens (including phenoxy) is 1. The third-order valence-corrected chi connectivity index (χ3v) is 7.54. The summed E-state index contributed by atoms with van der Waals surface area (Å²) in [7, 11) is 0. The van der Waals surface area contributed by atoms with Gasteiger partial charge in [-0.3, -0.25) is 18.7 Å². The number of likely N-dealkylation sites (tertiary alicyclic amines) is 1. The summed E-state index contributed by atoms with van der Waals surface area (Å²) in [6.45, 7) is 4.16. The lowest BCUT2D eigenvalue weighted by Gasteiger charge is -2.37. The quantitative estimate of drug-likeness (QED) is 0.323. The van der Waals surface area contributed by atoms with Crippen molar-refractivity contribution in [2.45, 2.75) is 32.4 Å². The molecule has 3 aromatic carbocycles. The molecule has 0 bridgehead atoms. The van der Waals surface area contributed by atoms with Crippen LogP contribution in [0, 0.1) is 11.7 Å². The first kappa shape index (κ1) is 26.6. The number of benzene rings is 3. The number of carbonyl (C=O) groups is 1. The molecule has 0 unspecified atom stereocenters. The number of nitrogens with zero attached hydrogens (tertiary/aromatic N) is 3. The van der Waals surface area contributed by atoms with Crippen LogP contribution in [0.5, 0.6) is 0 Å². The summed E-state index contributed by atoms with van der Waals surface area (Å²) in [5, 5.41) is 0.493. The van der Waals surface area contributed by atoms with Gasteiger partial charge in [-0.2, -0.15) is 0 Å². The van der Waals surface area contributed by atoms with E-state index in [2.05, 4.69) is 4.90 Å². The number of aromatic nitrogens is 2. The van der Waals surface area contributed by atoms with E-state index in [9.17, 15) is 18.8 Å². The van der Waals surface area contributed by atoms with Gasteiger partial charge in [-0.1, -0.05) is 54.6 Å². The highest BCUT2D eigenvalue weighted by Crippen LogP contribution is 2.34. The highest BCUT2D eigenvalue weighted by atomic mass is 19.1. The van der Waals surface area contributed by atoms with E-state index >= 15 is 0 Å². The maximum absolute atomic E-state index is 13.6. The van der Waals surface area contributed by atoms with Crippen LogP contribution in [0.25, 0.3) is 10.9 Å². The van der Waals surface area contributed by atoms with Gasteiger partial charge in [-0.15, -0.1) is 0 Å². The van der Waals surface area contributed by atoms with Gasteiger partial charge in [0.25, 0.3) is 5.56 Å². The Hall–Kier alpha value is -4.04. The fourth-order valence-electron chi connectivity index (χ4n) is 5.55. The topological polar surface area (TPSA) is 73.5 Å². The molecule has 0 saturated carbocycles. The molecule has 2 atom stereocenters. The first-order chi connectivity index (χ1) is 19.0. The number of fused-ring (bicyclic) bond motifs is 1. The Labute approximate surface area is 226 Å². The second-order valence-electron chi connectivity index (χ2n) is 9.93. The van der Waals surface area contributed by atoms with E-state index in [1.54, 1.807) is 41.8 Å². The zero-order chi connectivity index (χ0) is 27.4. The lowest BCUT2D eigenvalue weighted by molar-refractivity contribution is -0.150. The van der Waals surface area contributed by atoms with Gasteiger partial charge in [-0.25, -0.2) is 9.18 Å². The highest BCUT2D eigenvalue weighted by Gasteiger charge is 2.36. The van der Waals surface area contributed by atoms with Crippen LogP contribution in [0.4, 0.5) is 4.39 Å². The number of esters is 1. The number of piperidine rings is 1. The van der Waals surface area contributed by atoms with E-state index in [-0.39, 0.29) is 42.1 Å². The molecule has 2 heterocycles. The number of rotatable bonds is 8. The van der Waals surface area contributed by atoms with Crippen LogP contribution >= 0.6 is 0 Å². The molecule has 0 spiro atoms. The summed E-state index contributed by atoms with van der Waals surface area (Å²) in [5.74, 6) is -1.12. The summed E-state index contributed by atoms with van der Waals surface area (Å²) in [6.07, 6.45) is 0.681. The lowest BCUT2D eigenvalue weighted by Crippen LogP contribution is -2.47. The molecule has 0 radical (unpaired) electrons. The molecule has 0 N–H and O–H groups in total. The SMILES string of the molecule is CCOC(=O)[C@@H]1CN(CCn2c(=O)c3ccccc3n(Cc3ccccc3)c2=O)CC[C@@H]1c1ccc(F)cc1. The van der Waals surface area contributed by atoms with Crippen molar-refractivity contribution in [3.63, 3.8) is 0 Å². The second-order valence-corrected chi connectivity index (χ2v) is 9.93. The molecular formula is C31H32FN3O4. The van der Waals surface area contributed by atoms with E-state index in [1.807, 2.05) is 36.4 Å². The zero-order valence-electron chi connectivity index (χ0n) is 22.0. The van der Waals surface area contributed by atoms with Crippen LogP contribution in [-0.4, -0.2) is 46.2 Å². The van der Waals surface area contributed by atoms with Gasteiger partial charge in [0, 0.05) is 19.6 Å². The van der Waals surface area contributed by atoms with Crippen LogP contribution in [-0.2, 0) is 22.6 Å². The Kier molecular flexibility index (Phi) is 8.02. The summed E-state index contributed by atoms with van der Waals surface area (Å²) in [5.41, 5.74) is 1.81. The van der Waals surface area contributed by atoms with E-state index in [4.69, 9.17) is 4.74 Å². The maximum atomic E-state index is 13.6. The summed E-state index contributed by atoms with van der Waals surface area (Å²) in [4.78, 5) is 42.0. The Bertz CT molecular complexity index is 1560.